The Balaban J connectivity index is 3.91. The smallest absolute Gasteiger partial charge is 0.159 e. The third kappa shape index (κ3) is 10.3. The number of methoxy groups -OCH3 is 2. The molecule has 0 bridgehead atoms. The van der Waals surface area contributed by atoms with Crippen molar-refractivity contribution in [1.82, 2.24) is 0 Å². The van der Waals surface area contributed by atoms with Crippen LogP contribution in [-0.2, 0) is 14.2 Å². The van der Waals surface area contributed by atoms with Crippen molar-refractivity contribution >= 4 is 0 Å². The highest BCUT2D eigenvalue weighted by Crippen LogP contribution is 2.21. The second-order valence-electron chi connectivity index (χ2n) is 5.29. The molecule has 0 fully saturated rings. The van der Waals surface area contributed by atoms with Gasteiger partial charge in [-0.25, -0.2) is 0 Å². The van der Waals surface area contributed by atoms with Gasteiger partial charge in [0.05, 0.1) is 12.9 Å². The lowest BCUT2D eigenvalue weighted by Crippen LogP contribution is -2.26. The number of ether oxygens (including phenoxy) is 3. The topological polar surface area (TPSA) is 27.7 Å². The van der Waals surface area contributed by atoms with Crippen LogP contribution in [0.25, 0.3) is 0 Å². The van der Waals surface area contributed by atoms with Gasteiger partial charge in [0.15, 0.2) is 6.29 Å². The van der Waals surface area contributed by atoms with Crippen LogP contribution >= 0.6 is 0 Å². The van der Waals surface area contributed by atoms with Gasteiger partial charge in [-0.2, -0.15) is 0 Å². The Hall–Kier alpha value is -0.540. The fraction of sp³-hybridized carbons (Fsp3) is 0.882. The summed E-state index contributed by atoms with van der Waals surface area (Å²) in [5.41, 5.74) is 0. The molecule has 0 radical (unpaired) electrons. The Kier molecular flexibility index (Phi) is 14.5. The first-order chi connectivity index (χ1) is 9.79. The summed E-state index contributed by atoms with van der Waals surface area (Å²) in [5.74, 6) is 0.418. The van der Waals surface area contributed by atoms with E-state index in [0.717, 1.165) is 19.4 Å². The minimum atomic E-state index is -0.111. The predicted octanol–water partition coefficient (Wildman–Crippen LogP) is 4.91. The maximum absolute atomic E-state index is 5.42. The molecule has 0 aliphatic rings. The van der Waals surface area contributed by atoms with E-state index in [1.807, 2.05) is 13.0 Å². The fourth-order valence-electron chi connectivity index (χ4n) is 2.47. The van der Waals surface area contributed by atoms with Crippen LogP contribution in [0.4, 0.5) is 0 Å². The van der Waals surface area contributed by atoms with E-state index >= 15 is 0 Å². The van der Waals surface area contributed by atoms with Crippen LogP contribution in [0.2, 0.25) is 0 Å². The molecule has 0 aromatic heterocycles. The molecule has 0 rings (SSSR count). The van der Waals surface area contributed by atoms with Crippen molar-refractivity contribution in [3.63, 3.8) is 0 Å². The highest BCUT2D eigenvalue weighted by Gasteiger charge is 2.20. The predicted molar refractivity (Wildman–Crippen MR) is 84.7 cm³/mol. The van der Waals surface area contributed by atoms with E-state index in [0.29, 0.717) is 5.92 Å². The maximum Gasteiger partial charge on any atom is 0.159 e. The van der Waals surface area contributed by atoms with E-state index in [1.165, 1.54) is 38.5 Å². The van der Waals surface area contributed by atoms with Crippen LogP contribution in [-0.4, -0.2) is 27.1 Å². The summed E-state index contributed by atoms with van der Waals surface area (Å²) in [7, 11) is 3.43. The molecule has 0 aromatic carbocycles. The van der Waals surface area contributed by atoms with Crippen molar-refractivity contribution in [2.45, 2.75) is 71.5 Å². The zero-order valence-corrected chi connectivity index (χ0v) is 13.9. The minimum absolute atomic E-state index is 0.111. The average Bonchev–Trinajstić information content (AvgIpc) is 2.47. The number of hydrogen-bond donors (Lipinski definition) is 0. The summed E-state index contributed by atoms with van der Waals surface area (Å²) in [6.07, 6.45) is 13.6. The van der Waals surface area contributed by atoms with E-state index in [4.69, 9.17) is 14.2 Å². The Morgan fingerprint density at radius 3 is 2.15 bits per heavy atom. The van der Waals surface area contributed by atoms with Gasteiger partial charge < -0.3 is 14.2 Å². The summed E-state index contributed by atoms with van der Waals surface area (Å²) in [5, 5.41) is 0. The van der Waals surface area contributed by atoms with Crippen molar-refractivity contribution in [1.29, 1.82) is 0 Å². The zero-order chi connectivity index (χ0) is 15.1. The van der Waals surface area contributed by atoms with Crippen LogP contribution in [0.5, 0.6) is 0 Å². The van der Waals surface area contributed by atoms with E-state index in [1.54, 1.807) is 20.5 Å². The van der Waals surface area contributed by atoms with Crippen LogP contribution in [0.1, 0.15) is 65.2 Å². The Morgan fingerprint density at radius 2 is 1.55 bits per heavy atom. The van der Waals surface area contributed by atoms with Crippen molar-refractivity contribution in [3.05, 3.63) is 12.3 Å². The first-order valence-corrected chi connectivity index (χ1v) is 8.08. The number of rotatable bonds is 14. The molecule has 0 heterocycles. The molecule has 0 N–H and O–H groups in total. The van der Waals surface area contributed by atoms with Crippen LogP contribution in [0.3, 0.4) is 0 Å². The maximum atomic E-state index is 5.42. The highest BCUT2D eigenvalue weighted by molar-refractivity contribution is 4.68. The lowest BCUT2D eigenvalue weighted by Gasteiger charge is -2.24. The summed E-state index contributed by atoms with van der Waals surface area (Å²) in [4.78, 5) is 0. The normalized spacial score (nSPS) is 13.2. The van der Waals surface area contributed by atoms with Crippen LogP contribution in [0.15, 0.2) is 12.3 Å². The van der Waals surface area contributed by atoms with Gasteiger partial charge >= 0.3 is 0 Å². The average molecular weight is 286 g/mol. The molecular formula is C17H34O3. The van der Waals surface area contributed by atoms with E-state index in [2.05, 4.69) is 6.92 Å². The molecule has 20 heavy (non-hydrogen) atoms. The van der Waals surface area contributed by atoms with E-state index in [-0.39, 0.29) is 6.29 Å². The first kappa shape index (κ1) is 19.5. The van der Waals surface area contributed by atoms with Crippen LogP contribution in [0, 0.1) is 5.92 Å². The van der Waals surface area contributed by atoms with Gasteiger partial charge in [-0.05, 0) is 19.8 Å². The standard InChI is InChI=1S/C17H34O3/c1-5-7-8-9-10-11-12-16(17(18-3)19-4)13-15-20-14-6-2/h6,14,16-17H,5,7-13,15H2,1-4H3. The summed E-state index contributed by atoms with van der Waals surface area (Å²) >= 11 is 0. The van der Waals surface area contributed by atoms with Gasteiger partial charge in [-0.15, -0.1) is 0 Å². The highest BCUT2D eigenvalue weighted by atomic mass is 16.7. The lowest BCUT2D eigenvalue weighted by atomic mass is 9.96. The summed E-state index contributed by atoms with van der Waals surface area (Å²) < 4.78 is 16.3. The molecule has 1 atom stereocenters. The molecule has 0 spiro atoms. The number of unbranched alkanes of at least 4 members (excludes halogenated alkanes) is 5. The third-order valence-electron chi connectivity index (χ3n) is 3.62. The van der Waals surface area contributed by atoms with Gasteiger partial charge in [0.2, 0.25) is 0 Å². The monoisotopic (exact) mass is 286 g/mol. The number of allylic oxidation sites excluding steroid dienone is 1. The van der Waals surface area contributed by atoms with Gasteiger partial charge in [-0.1, -0.05) is 51.5 Å². The molecule has 0 aromatic rings. The van der Waals surface area contributed by atoms with Gasteiger partial charge in [0.25, 0.3) is 0 Å². The van der Waals surface area contributed by atoms with Crippen LogP contribution < -0.4 is 0 Å². The largest absolute Gasteiger partial charge is 0.502 e. The van der Waals surface area contributed by atoms with Gasteiger partial charge in [0, 0.05) is 20.1 Å². The quantitative estimate of drug-likeness (QED) is 0.258. The molecule has 120 valence electrons. The molecular weight excluding hydrogens is 252 g/mol. The van der Waals surface area contributed by atoms with Crippen molar-refractivity contribution in [3.8, 4) is 0 Å². The molecule has 0 aliphatic carbocycles. The molecule has 3 nitrogen and oxygen atoms in total. The first-order valence-electron chi connectivity index (χ1n) is 8.08. The van der Waals surface area contributed by atoms with Crippen molar-refractivity contribution < 1.29 is 14.2 Å². The van der Waals surface area contributed by atoms with Crippen molar-refractivity contribution in [2.24, 2.45) is 5.92 Å². The Morgan fingerprint density at radius 1 is 0.900 bits per heavy atom. The molecule has 3 heteroatoms. The van der Waals surface area contributed by atoms with E-state index < -0.39 is 0 Å². The summed E-state index contributed by atoms with van der Waals surface area (Å²) in [6.45, 7) is 4.94. The van der Waals surface area contributed by atoms with Gasteiger partial charge in [0.1, 0.15) is 0 Å². The number of hydrogen-bond acceptors (Lipinski definition) is 3. The van der Waals surface area contributed by atoms with Crippen molar-refractivity contribution in [2.75, 3.05) is 20.8 Å². The van der Waals surface area contributed by atoms with E-state index in [9.17, 15) is 0 Å². The Labute approximate surface area is 125 Å². The molecule has 0 saturated carbocycles. The SMILES string of the molecule is CC=COCCC(CCCCCCCC)C(OC)OC. The second kappa shape index (κ2) is 14.9. The second-order valence-corrected chi connectivity index (χ2v) is 5.29. The lowest BCUT2D eigenvalue weighted by molar-refractivity contribution is -0.142. The zero-order valence-electron chi connectivity index (χ0n) is 13.9. The molecule has 0 amide bonds. The Bertz CT molecular complexity index is 212. The van der Waals surface area contributed by atoms with Gasteiger partial charge in [-0.3, -0.25) is 0 Å². The molecule has 1 unspecified atom stereocenters. The third-order valence-corrected chi connectivity index (χ3v) is 3.62. The summed E-state index contributed by atoms with van der Waals surface area (Å²) in [6, 6.07) is 0. The minimum Gasteiger partial charge on any atom is -0.502 e. The fourth-order valence-corrected chi connectivity index (χ4v) is 2.47. The molecule has 0 aliphatic heterocycles. The molecule has 0 saturated heterocycles.